The summed E-state index contributed by atoms with van der Waals surface area (Å²) >= 11 is 14.4. The highest BCUT2D eigenvalue weighted by Gasteiger charge is 2.26. The Hall–Kier alpha value is -0.000000000000000167. The highest BCUT2D eigenvalue weighted by Crippen LogP contribution is 2.38. The van der Waals surface area contributed by atoms with E-state index in [9.17, 15) is 0 Å². The first-order valence-electron chi connectivity index (χ1n) is 6.69. The van der Waals surface area contributed by atoms with Crippen molar-refractivity contribution in [3.05, 3.63) is 56.2 Å². The maximum Gasteiger partial charge on any atom is 0.0712 e. The number of nitrogens with zero attached hydrogens (tertiary/aromatic N) is 1. The van der Waals surface area contributed by atoms with Crippen molar-refractivity contribution in [1.82, 2.24) is 10.2 Å². The van der Waals surface area contributed by atoms with Crippen molar-refractivity contribution < 1.29 is 0 Å². The van der Waals surface area contributed by atoms with E-state index in [-0.39, 0.29) is 30.9 Å². The molecule has 0 bridgehead atoms. The minimum atomic E-state index is 0. The number of thiophene rings is 1. The second kappa shape index (κ2) is 9.33. The van der Waals surface area contributed by atoms with Crippen molar-refractivity contribution in [2.24, 2.45) is 0 Å². The molecule has 1 saturated heterocycles. The summed E-state index contributed by atoms with van der Waals surface area (Å²) in [4.78, 5) is 3.79. The Morgan fingerprint density at radius 1 is 1.05 bits per heavy atom. The van der Waals surface area contributed by atoms with Crippen molar-refractivity contribution in [3.8, 4) is 0 Å². The fourth-order valence-electron chi connectivity index (χ4n) is 2.65. The Morgan fingerprint density at radius 2 is 1.77 bits per heavy atom. The summed E-state index contributed by atoms with van der Waals surface area (Å²) in [7, 11) is 0. The van der Waals surface area contributed by atoms with E-state index in [2.05, 4.69) is 33.8 Å². The molecule has 1 aromatic heterocycles. The number of piperazine rings is 1. The highest BCUT2D eigenvalue weighted by atomic mass is 35.5. The van der Waals surface area contributed by atoms with Crippen LogP contribution in [0.15, 0.2) is 35.7 Å². The fraction of sp³-hybridized carbons (Fsp3) is 0.333. The molecule has 0 radical (unpaired) electrons. The first-order chi connectivity index (χ1) is 9.77. The Bertz CT molecular complexity index is 571. The monoisotopic (exact) mass is 398 g/mol. The Kier molecular flexibility index (Phi) is 8.50. The lowest BCUT2D eigenvalue weighted by Crippen LogP contribution is -2.45. The molecule has 1 fully saturated rings. The van der Waals surface area contributed by atoms with Gasteiger partial charge in [0.25, 0.3) is 0 Å². The topological polar surface area (TPSA) is 15.3 Å². The minimum absolute atomic E-state index is 0. The lowest BCUT2D eigenvalue weighted by molar-refractivity contribution is 0.201. The van der Waals surface area contributed by atoms with Crippen molar-refractivity contribution in [1.29, 1.82) is 0 Å². The molecule has 2 nitrogen and oxygen atoms in total. The van der Waals surface area contributed by atoms with E-state index >= 15 is 0 Å². The SMILES string of the molecule is Cl.Cl.Clc1cccc([C@@H](c2cccs2)N2CCNCC2)c1Cl. The van der Waals surface area contributed by atoms with Crippen LogP contribution in [-0.2, 0) is 0 Å². The first-order valence-corrected chi connectivity index (χ1v) is 8.33. The first kappa shape index (κ1) is 20.0. The maximum absolute atomic E-state index is 6.45. The average molecular weight is 400 g/mol. The van der Waals surface area contributed by atoms with Gasteiger partial charge in [-0.1, -0.05) is 41.4 Å². The molecule has 22 heavy (non-hydrogen) atoms. The van der Waals surface area contributed by atoms with Crippen molar-refractivity contribution in [3.63, 3.8) is 0 Å². The van der Waals surface area contributed by atoms with Gasteiger partial charge >= 0.3 is 0 Å². The van der Waals surface area contributed by atoms with Crippen molar-refractivity contribution >= 4 is 59.4 Å². The third-order valence-electron chi connectivity index (χ3n) is 3.61. The van der Waals surface area contributed by atoms with E-state index in [1.165, 1.54) is 4.88 Å². The second-order valence-corrected chi connectivity index (χ2v) is 6.61. The normalized spacial score (nSPS) is 16.5. The summed E-state index contributed by atoms with van der Waals surface area (Å²) in [6, 6.07) is 10.4. The Labute approximate surface area is 157 Å². The molecule has 2 heterocycles. The predicted molar refractivity (Wildman–Crippen MR) is 102 cm³/mol. The van der Waals surface area contributed by atoms with Crippen molar-refractivity contribution in [2.45, 2.75) is 6.04 Å². The van der Waals surface area contributed by atoms with Crippen LogP contribution in [0.25, 0.3) is 0 Å². The molecule has 0 unspecified atom stereocenters. The van der Waals surface area contributed by atoms with Gasteiger partial charge in [-0.05, 0) is 23.1 Å². The zero-order valence-electron chi connectivity index (χ0n) is 11.8. The van der Waals surface area contributed by atoms with Gasteiger partial charge in [0, 0.05) is 31.1 Å². The molecule has 7 heteroatoms. The molecule has 1 aromatic carbocycles. The number of halogens is 4. The number of hydrogen-bond acceptors (Lipinski definition) is 3. The van der Waals surface area contributed by atoms with Gasteiger partial charge in [0.1, 0.15) is 0 Å². The quantitative estimate of drug-likeness (QED) is 0.789. The van der Waals surface area contributed by atoms with Crippen LogP contribution in [0.5, 0.6) is 0 Å². The molecule has 2 aromatic rings. The maximum atomic E-state index is 6.45. The van der Waals surface area contributed by atoms with E-state index in [0.717, 1.165) is 31.7 Å². The number of benzene rings is 1. The summed E-state index contributed by atoms with van der Waals surface area (Å²) in [5.74, 6) is 0. The summed E-state index contributed by atoms with van der Waals surface area (Å²) in [5.41, 5.74) is 1.10. The largest absolute Gasteiger partial charge is 0.314 e. The van der Waals surface area contributed by atoms with Crippen LogP contribution in [0.2, 0.25) is 10.0 Å². The molecule has 122 valence electrons. The molecule has 1 atom stereocenters. The van der Waals surface area contributed by atoms with Gasteiger partial charge in [0.15, 0.2) is 0 Å². The summed E-state index contributed by atoms with van der Waals surface area (Å²) in [5, 5.41) is 6.81. The number of nitrogens with one attached hydrogen (secondary N) is 1. The second-order valence-electron chi connectivity index (χ2n) is 4.85. The molecule has 1 aliphatic rings. The molecule has 1 aliphatic heterocycles. The molecule has 1 N–H and O–H groups in total. The van der Waals surface area contributed by atoms with Gasteiger partial charge in [-0.25, -0.2) is 0 Å². The Morgan fingerprint density at radius 3 is 2.41 bits per heavy atom. The summed E-state index contributed by atoms with van der Waals surface area (Å²) in [6.45, 7) is 4.07. The fourth-order valence-corrected chi connectivity index (χ4v) is 3.94. The van der Waals surface area contributed by atoms with Crippen LogP contribution in [-0.4, -0.2) is 31.1 Å². The highest BCUT2D eigenvalue weighted by molar-refractivity contribution is 7.10. The molecule has 0 amide bonds. The van der Waals surface area contributed by atoms with Crippen molar-refractivity contribution in [2.75, 3.05) is 26.2 Å². The van der Waals surface area contributed by atoms with Crippen LogP contribution in [0.4, 0.5) is 0 Å². The Balaban J connectivity index is 0.00000121. The average Bonchev–Trinajstić information content (AvgIpc) is 2.99. The third-order valence-corrected chi connectivity index (χ3v) is 5.36. The number of hydrogen-bond donors (Lipinski definition) is 1. The van der Waals surface area contributed by atoms with Crippen LogP contribution in [0.3, 0.4) is 0 Å². The molecule has 3 rings (SSSR count). The lowest BCUT2D eigenvalue weighted by Gasteiger charge is -2.35. The van der Waals surface area contributed by atoms with E-state index in [1.54, 1.807) is 11.3 Å². The van der Waals surface area contributed by atoms with Crippen LogP contribution < -0.4 is 5.32 Å². The standard InChI is InChI=1S/C15H16Cl2N2S.2ClH/c16-12-4-1-3-11(14(12)17)15(13-5-2-10-20-13)19-8-6-18-7-9-19;;/h1-5,10,15,18H,6-9H2;2*1H/t15-;;/m0../s1. The molecule has 0 spiro atoms. The third kappa shape index (κ3) is 4.30. The van der Waals surface area contributed by atoms with Gasteiger partial charge in [-0.3, -0.25) is 4.90 Å². The summed E-state index contributed by atoms with van der Waals surface area (Å²) < 4.78 is 0. The number of rotatable bonds is 3. The van der Waals surface area contributed by atoms with Crippen LogP contribution in [0, 0.1) is 0 Å². The van der Waals surface area contributed by atoms with Crippen LogP contribution in [0.1, 0.15) is 16.5 Å². The lowest BCUT2D eigenvalue weighted by atomic mass is 10.0. The summed E-state index contributed by atoms with van der Waals surface area (Å²) in [6.07, 6.45) is 0. The zero-order chi connectivity index (χ0) is 13.9. The molecular weight excluding hydrogens is 382 g/mol. The van der Waals surface area contributed by atoms with E-state index in [1.807, 2.05) is 12.1 Å². The smallest absolute Gasteiger partial charge is 0.0712 e. The van der Waals surface area contributed by atoms with Crippen LogP contribution >= 0.6 is 59.4 Å². The predicted octanol–water partition coefficient (Wildman–Crippen LogP) is 4.89. The molecule has 0 saturated carbocycles. The van der Waals surface area contributed by atoms with Gasteiger partial charge < -0.3 is 5.32 Å². The van der Waals surface area contributed by atoms with Gasteiger partial charge in [0.2, 0.25) is 0 Å². The zero-order valence-corrected chi connectivity index (χ0v) is 15.8. The van der Waals surface area contributed by atoms with Gasteiger partial charge in [-0.2, -0.15) is 0 Å². The van der Waals surface area contributed by atoms with Gasteiger partial charge in [-0.15, -0.1) is 36.2 Å². The van der Waals surface area contributed by atoms with Gasteiger partial charge in [0.05, 0.1) is 16.1 Å². The molecular formula is C15H18Cl4N2S. The van der Waals surface area contributed by atoms with E-state index in [0.29, 0.717) is 10.0 Å². The van der Waals surface area contributed by atoms with E-state index in [4.69, 9.17) is 23.2 Å². The minimum Gasteiger partial charge on any atom is -0.314 e. The van der Waals surface area contributed by atoms with E-state index < -0.39 is 0 Å². The molecule has 0 aliphatic carbocycles.